The third kappa shape index (κ3) is 6.44. The molecule has 2 aliphatic carbocycles. The summed E-state index contributed by atoms with van der Waals surface area (Å²) in [6, 6.07) is 6.79. The molecule has 0 aliphatic heterocycles. The van der Waals surface area contributed by atoms with Gasteiger partial charge in [-0.2, -0.15) is 4.98 Å². The van der Waals surface area contributed by atoms with Crippen LogP contribution >= 0.6 is 0 Å². The van der Waals surface area contributed by atoms with E-state index in [1.54, 1.807) is 7.11 Å². The molecular formula is C28H43N5O4. The molecule has 9 nitrogen and oxygen atoms in total. The standard InChI is InChI=1S/C28H43N5O4/c1-17(2)15-33(26-20-9-11-28(4,37-6)12-10-21(20)26)23-8-7-19(18(3)13-25(34)35)14-22(23)29-27-30-24(16-36-5)31-32-27/h7-8,14,17-18,20-21,26H,9-13,15-16H2,1-6H3,(H,34,35)(H2,29,30,31,32)/t18-,20-,21?,26?,28?/m1/s1. The number of hydrogen-bond acceptors (Lipinski definition) is 7. The quantitative estimate of drug-likeness (QED) is 0.349. The van der Waals surface area contributed by atoms with Gasteiger partial charge in [-0.05, 0) is 74.0 Å². The van der Waals surface area contributed by atoms with Crippen molar-refractivity contribution in [2.75, 3.05) is 31.0 Å². The summed E-state index contributed by atoms with van der Waals surface area (Å²) < 4.78 is 11.0. The highest BCUT2D eigenvalue weighted by Crippen LogP contribution is 2.55. The molecule has 1 heterocycles. The first kappa shape index (κ1) is 27.4. The van der Waals surface area contributed by atoms with Gasteiger partial charge in [0.1, 0.15) is 6.61 Å². The Balaban J connectivity index is 1.66. The molecule has 0 saturated heterocycles. The number of ether oxygens (including phenoxy) is 2. The number of aromatic nitrogens is 3. The lowest BCUT2D eigenvalue weighted by atomic mass is 9.94. The van der Waals surface area contributed by atoms with Crippen LogP contribution in [0.5, 0.6) is 0 Å². The molecule has 3 N–H and O–H groups in total. The van der Waals surface area contributed by atoms with Crippen molar-refractivity contribution < 1.29 is 19.4 Å². The lowest BCUT2D eigenvalue weighted by Gasteiger charge is -2.32. The first-order chi connectivity index (χ1) is 17.6. The highest BCUT2D eigenvalue weighted by Gasteiger charge is 2.55. The summed E-state index contributed by atoms with van der Waals surface area (Å²) >= 11 is 0. The number of benzene rings is 1. The van der Waals surface area contributed by atoms with Crippen molar-refractivity contribution in [3.8, 4) is 0 Å². The van der Waals surface area contributed by atoms with Gasteiger partial charge in [0.2, 0.25) is 5.95 Å². The fraction of sp³-hybridized carbons (Fsp3) is 0.679. The molecule has 1 aromatic carbocycles. The van der Waals surface area contributed by atoms with Crippen molar-refractivity contribution in [1.82, 2.24) is 15.2 Å². The highest BCUT2D eigenvalue weighted by atomic mass is 16.5. The first-order valence-electron chi connectivity index (χ1n) is 13.5. The van der Waals surface area contributed by atoms with Gasteiger partial charge in [-0.1, -0.05) is 26.8 Å². The Bertz CT molecular complexity index is 1060. The zero-order chi connectivity index (χ0) is 26.7. The van der Waals surface area contributed by atoms with E-state index < -0.39 is 5.97 Å². The van der Waals surface area contributed by atoms with Crippen LogP contribution in [0.15, 0.2) is 18.2 Å². The van der Waals surface area contributed by atoms with E-state index in [1.807, 2.05) is 14.0 Å². The van der Waals surface area contributed by atoms with Crippen LogP contribution < -0.4 is 10.2 Å². The van der Waals surface area contributed by atoms with E-state index in [0.717, 1.165) is 36.3 Å². The summed E-state index contributed by atoms with van der Waals surface area (Å²) in [5.74, 6) is 2.02. The van der Waals surface area contributed by atoms with E-state index in [0.29, 0.717) is 42.2 Å². The number of hydrogen-bond donors (Lipinski definition) is 3. The van der Waals surface area contributed by atoms with E-state index in [4.69, 9.17) is 9.47 Å². The van der Waals surface area contributed by atoms with Crippen molar-refractivity contribution in [3.05, 3.63) is 29.6 Å². The third-order valence-electron chi connectivity index (χ3n) is 8.15. The Hall–Kier alpha value is -2.65. The summed E-state index contributed by atoms with van der Waals surface area (Å²) in [7, 11) is 3.46. The van der Waals surface area contributed by atoms with Crippen LogP contribution in [-0.4, -0.2) is 58.7 Å². The fourth-order valence-electron chi connectivity index (χ4n) is 5.97. The zero-order valence-electron chi connectivity index (χ0n) is 23.1. The second-order valence-corrected chi connectivity index (χ2v) is 11.5. The Morgan fingerprint density at radius 2 is 1.95 bits per heavy atom. The molecule has 204 valence electrons. The molecule has 0 spiro atoms. The number of nitrogens with zero attached hydrogens (tertiary/aromatic N) is 3. The van der Waals surface area contributed by atoms with Crippen molar-refractivity contribution in [1.29, 1.82) is 0 Å². The maximum atomic E-state index is 11.4. The fourth-order valence-corrected chi connectivity index (χ4v) is 5.97. The number of carboxylic acid groups (broad SMARTS) is 1. The molecule has 1 aromatic heterocycles. The summed E-state index contributed by atoms with van der Waals surface area (Å²) in [6.07, 6.45) is 4.61. The van der Waals surface area contributed by atoms with Crippen LogP contribution in [-0.2, 0) is 20.9 Å². The molecule has 0 radical (unpaired) electrons. The zero-order valence-corrected chi connectivity index (χ0v) is 23.1. The molecule has 2 aliphatic rings. The van der Waals surface area contributed by atoms with Crippen LogP contribution in [0.1, 0.15) is 77.1 Å². The molecule has 2 fully saturated rings. The van der Waals surface area contributed by atoms with Crippen LogP contribution in [0.25, 0.3) is 0 Å². The molecule has 37 heavy (non-hydrogen) atoms. The predicted molar refractivity (Wildman–Crippen MR) is 144 cm³/mol. The number of H-pyrrole nitrogens is 1. The molecule has 5 atom stereocenters. The number of rotatable bonds is 12. The lowest BCUT2D eigenvalue weighted by molar-refractivity contribution is -0.137. The first-order valence-corrected chi connectivity index (χ1v) is 13.5. The van der Waals surface area contributed by atoms with Crippen LogP contribution in [0, 0.1) is 17.8 Å². The number of methoxy groups -OCH3 is 2. The van der Waals surface area contributed by atoms with E-state index in [1.165, 1.54) is 12.8 Å². The molecule has 0 bridgehead atoms. The molecule has 4 rings (SSSR count). The average Bonchev–Trinajstić information content (AvgIpc) is 3.42. The van der Waals surface area contributed by atoms with Gasteiger partial charge in [-0.15, -0.1) is 5.10 Å². The molecule has 9 heteroatoms. The summed E-state index contributed by atoms with van der Waals surface area (Å²) in [6.45, 7) is 10.0. The number of nitrogens with one attached hydrogen (secondary N) is 2. The topological polar surface area (TPSA) is 113 Å². The number of aromatic amines is 1. The number of carboxylic acids is 1. The monoisotopic (exact) mass is 513 g/mol. The Labute approximate surface area is 220 Å². The molecule has 2 saturated carbocycles. The maximum absolute atomic E-state index is 11.4. The van der Waals surface area contributed by atoms with Crippen molar-refractivity contribution in [3.63, 3.8) is 0 Å². The van der Waals surface area contributed by atoms with Gasteiger partial charge >= 0.3 is 5.97 Å². The van der Waals surface area contributed by atoms with Gasteiger partial charge in [-0.3, -0.25) is 9.89 Å². The molecule has 3 unspecified atom stereocenters. The number of aliphatic carboxylic acids is 1. The minimum atomic E-state index is -0.799. The molecule has 2 aromatic rings. The van der Waals surface area contributed by atoms with E-state index in [-0.39, 0.29) is 17.9 Å². The number of fused-ring (bicyclic) bond motifs is 1. The van der Waals surface area contributed by atoms with Crippen LogP contribution in [0.4, 0.5) is 17.3 Å². The summed E-state index contributed by atoms with van der Waals surface area (Å²) in [5.41, 5.74) is 2.99. The predicted octanol–water partition coefficient (Wildman–Crippen LogP) is 5.33. The largest absolute Gasteiger partial charge is 0.481 e. The third-order valence-corrected chi connectivity index (χ3v) is 8.15. The number of anilines is 3. The second kappa shape index (κ2) is 11.4. The van der Waals surface area contributed by atoms with Gasteiger partial charge in [0, 0.05) is 26.8 Å². The van der Waals surface area contributed by atoms with Crippen molar-refractivity contribution in [2.24, 2.45) is 17.8 Å². The van der Waals surface area contributed by atoms with Crippen LogP contribution in [0.2, 0.25) is 0 Å². The summed E-state index contributed by atoms with van der Waals surface area (Å²) in [4.78, 5) is 18.5. The van der Waals surface area contributed by atoms with Crippen molar-refractivity contribution >= 4 is 23.3 Å². The van der Waals surface area contributed by atoms with Gasteiger partial charge < -0.3 is 24.8 Å². The minimum absolute atomic E-state index is 0.0129. The van der Waals surface area contributed by atoms with Crippen molar-refractivity contribution in [2.45, 2.75) is 84.0 Å². The smallest absolute Gasteiger partial charge is 0.303 e. The van der Waals surface area contributed by atoms with Crippen LogP contribution in [0.3, 0.4) is 0 Å². The van der Waals surface area contributed by atoms with Gasteiger partial charge in [-0.25, -0.2) is 0 Å². The molecular weight excluding hydrogens is 470 g/mol. The molecule has 0 amide bonds. The van der Waals surface area contributed by atoms with Gasteiger partial charge in [0.15, 0.2) is 5.82 Å². The average molecular weight is 514 g/mol. The lowest BCUT2D eigenvalue weighted by Crippen LogP contribution is -2.34. The highest BCUT2D eigenvalue weighted by molar-refractivity contribution is 5.76. The van der Waals surface area contributed by atoms with E-state index in [2.05, 4.69) is 64.4 Å². The van der Waals surface area contributed by atoms with E-state index in [9.17, 15) is 9.90 Å². The Morgan fingerprint density at radius 3 is 2.54 bits per heavy atom. The number of carbonyl (C=O) groups is 1. The normalized spacial score (nSPS) is 25.9. The van der Waals surface area contributed by atoms with Gasteiger partial charge in [0.05, 0.1) is 23.4 Å². The Kier molecular flexibility index (Phi) is 8.43. The Morgan fingerprint density at radius 1 is 1.24 bits per heavy atom. The minimum Gasteiger partial charge on any atom is -0.481 e. The van der Waals surface area contributed by atoms with E-state index >= 15 is 0 Å². The van der Waals surface area contributed by atoms with Gasteiger partial charge in [0.25, 0.3) is 0 Å². The second-order valence-electron chi connectivity index (χ2n) is 11.5. The maximum Gasteiger partial charge on any atom is 0.303 e. The SMILES string of the molecule is COCc1nc(Nc2cc([C@H](C)CC(=O)O)ccc2N(CC(C)C)C2C3CCC(C)(OC)CC[C@H]32)n[nH]1. The summed E-state index contributed by atoms with van der Waals surface area (Å²) in [5, 5.41) is 20.0.